The molecule has 2 amide bonds. The molecule has 0 bridgehead atoms. The summed E-state index contributed by atoms with van der Waals surface area (Å²) in [6, 6.07) is 20.0. The number of amides is 2. The van der Waals surface area contributed by atoms with Gasteiger partial charge in [0.15, 0.2) is 11.6 Å². The number of hydrogen-bond donors (Lipinski definition) is 0. The number of esters is 4. The minimum absolute atomic E-state index is 0.0000323. The molecule has 1 aliphatic rings. The molecule has 4 aromatic carbocycles. The van der Waals surface area contributed by atoms with E-state index in [1.807, 2.05) is 0 Å². The number of ether oxygens (including phenoxy) is 8. The normalized spacial score (nSPS) is 12.9. The maximum atomic E-state index is 13.3. The Morgan fingerprint density at radius 3 is 1.35 bits per heavy atom. The van der Waals surface area contributed by atoms with E-state index in [0.717, 1.165) is 12.2 Å². The van der Waals surface area contributed by atoms with Gasteiger partial charge in [-0.2, -0.15) is 0 Å². The third-order valence-corrected chi connectivity index (χ3v) is 10.2. The van der Waals surface area contributed by atoms with Gasteiger partial charge < -0.3 is 47.7 Å². The molecule has 0 aliphatic carbocycles. The SMILES string of the molecule is C=CC(=O)OCCCCOc1ccc(C(=O)Oc2ccc(OC(=O)N3CCN(C(=O)Oc4ccc(OC(=O)c5ccc(OCCCCOC(=O)C=C)cc5)c(C(C)=O)c4)C(C)C3)cc2C(C)=O)cc1. The lowest BCUT2D eigenvalue weighted by Gasteiger charge is -2.38. The summed E-state index contributed by atoms with van der Waals surface area (Å²) in [6.07, 6.45) is 3.17. The molecule has 0 N–H and O–H groups in total. The van der Waals surface area contributed by atoms with Gasteiger partial charge in [-0.25, -0.2) is 28.8 Å². The molecule has 1 atom stereocenters. The Bertz CT molecular complexity index is 2540. The van der Waals surface area contributed by atoms with Crippen LogP contribution in [0.5, 0.6) is 34.5 Å². The van der Waals surface area contributed by atoms with Crippen LogP contribution in [0.3, 0.4) is 0 Å². The van der Waals surface area contributed by atoms with Crippen molar-refractivity contribution in [2.45, 2.75) is 52.5 Å². The third-order valence-electron chi connectivity index (χ3n) is 10.2. The lowest BCUT2D eigenvalue weighted by atomic mass is 10.1. The number of Topliss-reactive ketones (excluding diaryl/α,β-unsaturated/α-hetero) is 2. The van der Waals surface area contributed by atoms with Crippen LogP contribution in [0.1, 0.15) is 87.9 Å². The number of ketones is 2. The van der Waals surface area contributed by atoms with E-state index in [1.54, 1.807) is 31.2 Å². The summed E-state index contributed by atoms with van der Waals surface area (Å²) in [5.41, 5.74) is 0.390. The topological polar surface area (TPSA) is 217 Å². The second-order valence-corrected chi connectivity index (χ2v) is 15.3. The molecule has 0 spiro atoms. The first-order valence-corrected chi connectivity index (χ1v) is 21.9. The van der Waals surface area contributed by atoms with Crippen LogP contribution in [-0.4, -0.2) is 110 Å². The summed E-state index contributed by atoms with van der Waals surface area (Å²) >= 11 is 0. The zero-order valence-electron chi connectivity index (χ0n) is 38.4. The molecular formula is C51H52N2O16. The highest BCUT2D eigenvalue weighted by Gasteiger charge is 2.32. The Balaban J connectivity index is 1.08. The molecule has 1 unspecified atom stereocenters. The van der Waals surface area contributed by atoms with Crippen LogP contribution in [0, 0.1) is 0 Å². The number of carbonyl (C=O) groups excluding carboxylic acids is 8. The van der Waals surface area contributed by atoms with Crippen LogP contribution in [0.2, 0.25) is 0 Å². The van der Waals surface area contributed by atoms with E-state index >= 15 is 0 Å². The quantitative estimate of drug-likeness (QED) is 0.0240. The van der Waals surface area contributed by atoms with Gasteiger partial charge in [0, 0.05) is 31.8 Å². The monoisotopic (exact) mass is 948 g/mol. The first-order chi connectivity index (χ1) is 33.1. The largest absolute Gasteiger partial charge is 0.494 e. The smallest absolute Gasteiger partial charge is 0.415 e. The zero-order chi connectivity index (χ0) is 49.9. The van der Waals surface area contributed by atoms with Gasteiger partial charge in [0.2, 0.25) is 0 Å². The number of unbranched alkanes of at least 4 members (excludes halogenated alkanes) is 2. The summed E-state index contributed by atoms with van der Waals surface area (Å²) in [4.78, 5) is 103. The molecule has 362 valence electrons. The minimum Gasteiger partial charge on any atom is -0.494 e. The Hall–Kier alpha value is -8.28. The van der Waals surface area contributed by atoms with Crippen LogP contribution < -0.4 is 28.4 Å². The highest BCUT2D eigenvalue weighted by Crippen LogP contribution is 2.29. The van der Waals surface area contributed by atoms with E-state index in [-0.39, 0.29) is 78.1 Å². The van der Waals surface area contributed by atoms with E-state index in [0.29, 0.717) is 50.4 Å². The van der Waals surface area contributed by atoms with Gasteiger partial charge in [-0.05, 0) is 131 Å². The van der Waals surface area contributed by atoms with Gasteiger partial charge in [0.1, 0.15) is 34.5 Å². The van der Waals surface area contributed by atoms with Gasteiger partial charge >= 0.3 is 36.1 Å². The lowest BCUT2D eigenvalue weighted by molar-refractivity contribution is -0.138. The predicted molar refractivity (Wildman–Crippen MR) is 247 cm³/mol. The third kappa shape index (κ3) is 15.7. The molecule has 4 aromatic rings. The molecular weight excluding hydrogens is 897 g/mol. The standard InChI is InChI=1S/C51H52N2O16/c1-6-46(56)64-28-10-8-26-62-38-16-12-36(13-17-38)48(58)68-44-22-20-40(30-42(44)34(4)54)66-50(60)52-24-25-53(33(3)32-52)51(61)67-41-21-23-45(43(31-41)35(5)55)69-49(59)37-14-18-39(19-15-37)63-27-9-11-29-65-47(57)7-2/h6-7,12-23,30-31,33H,1-2,8-11,24-29,32H2,3-5H3. The van der Waals surface area contributed by atoms with Crippen molar-refractivity contribution in [1.82, 2.24) is 9.80 Å². The Labute approximate surface area is 398 Å². The van der Waals surface area contributed by atoms with Gasteiger partial charge in [-0.3, -0.25) is 9.59 Å². The maximum absolute atomic E-state index is 13.3. The van der Waals surface area contributed by atoms with Crippen LogP contribution >= 0.6 is 0 Å². The molecule has 5 rings (SSSR count). The molecule has 1 saturated heterocycles. The number of carbonyl (C=O) groups is 8. The van der Waals surface area contributed by atoms with Crippen molar-refractivity contribution in [2.75, 3.05) is 46.1 Å². The minimum atomic E-state index is -0.745. The summed E-state index contributed by atoms with van der Waals surface area (Å²) in [7, 11) is 0. The number of benzene rings is 4. The lowest BCUT2D eigenvalue weighted by Crippen LogP contribution is -2.56. The maximum Gasteiger partial charge on any atom is 0.415 e. The Kier molecular flexibility index (Phi) is 19.2. The van der Waals surface area contributed by atoms with Crippen molar-refractivity contribution in [3.05, 3.63) is 132 Å². The van der Waals surface area contributed by atoms with E-state index in [2.05, 4.69) is 13.2 Å². The molecule has 0 radical (unpaired) electrons. The fraction of sp³-hybridized carbons (Fsp3) is 0.294. The average Bonchev–Trinajstić information content (AvgIpc) is 3.34. The average molecular weight is 949 g/mol. The zero-order valence-corrected chi connectivity index (χ0v) is 38.4. The van der Waals surface area contributed by atoms with Crippen LogP contribution in [0.25, 0.3) is 0 Å². The first-order valence-electron chi connectivity index (χ1n) is 21.9. The number of nitrogens with zero attached hydrogens (tertiary/aromatic N) is 2. The van der Waals surface area contributed by atoms with E-state index in [4.69, 9.17) is 37.9 Å². The Morgan fingerprint density at radius 1 is 0.536 bits per heavy atom. The molecule has 18 heteroatoms. The van der Waals surface area contributed by atoms with Gasteiger partial charge in [0.05, 0.1) is 54.7 Å². The summed E-state index contributed by atoms with van der Waals surface area (Å²) in [5.74, 6) is -2.35. The highest BCUT2D eigenvalue weighted by molar-refractivity contribution is 6.00. The second-order valence-electron chi connectivity index (χ2n) is 15.3. The summed E-state index contributed by atoms with van der Waals surface area (Å²) < 4.78 is 43.5. The number of rotatable bonds is 22. The van der Waals surface area contributed by atoms with Crippen LogP contribution in [0.15, 0.2) is 110 Å². The molecule has 0 aromatic heterocycles. The predicted octanol–water partition coefficient (Wildman–Crippen LogP) is 8.01. The molecule has 69 heavy (non-hydrogen) atoms. The van der Waals surface area contributed by atoms with Crippen molar-refractivity contribution in [1.29, 1.82) is 0 Å². The van der Waals surface area contributed by atoms with E-state index < -0.39 is 53.7 Å². The van der Waals surface area contributed by atoms with Crippen molar-refractivity contribution in [2.24, 2.45) is 0 Å². The molecule has 1 aliphatic heterocycles. The van der Waals surface area contributed by atoms with Crippen molar-refractivity contribution in [3.8, 4) is 34.5 Å². The van der Waals surface area contributed by atoms with E-state index in [9.17, 15) is 38.4 Å². The summed E-state index contributed by atoms with van der Waals surface area (Å²) in [5, 5.41) is 0. The fourth-order valence-corrected chi connectivity index (χ4v) is 6.54. The van der Waals surface area contributed by atoms with Gasteiger partial charge in [-0.15, -0.1) is 0 Å². The fourth-order valence-electron chi connectivity index (χ4n) is 6.54. The molecule has 18 nitrogen and oxygen atoms in total. The number of piperazine rings is 1. The summed E-state index contributed by atoms with van der Waals surface area (Å²) in [6.45, 7) is 12.4. The van der Waals surface area contributed by atoms with Crippen LogP contribution in [-0.2, 0) is 19.1 Å². The molecule has 0 saturated carbocycles. The Morgan fingerprint density at radius 2 is 0.942 bits per heavy atom. The molecule has 1 heterocycles. The van der Waals surface area contributed by atoms with Crippen molar-refractivity contribution < 1.29 is 76.3 Å². The number of hydrogen-bond acceptors (Lipinski definition) is 16. The molecule has 1 fully saturated rings. The van der Waals surface area contributed by atoms with Crippen molar-refractivity contribution in [3.63, 3.8) is 0 Å². The van der Waals surface area contributed by atoms with Gasteiger partial charge in [0.25, 0.3) is 0 Å². The second kappa shape index (κ2) is 25.6. The van der Waals surface area contributed by atoms with E-state index in [1.165, 1.54) is 84.3 Å². The van der Waals surface area contributed by atoms with Crippen molar-refractivity contribution >= 4 is 47.6 Å². The van der Waals surface area contributed by atoms with Gasteiger partial charge in [-0.1, -0.05) is 13.2 Å². The first kappa shape index (κ1) is 51.7. The van der Waals surface area contributed by atoms with Crippen LogP contribution in [0.4, 0.5) is 9.59 Å². The highest BCUT2D eigenvalue weighted by atomic mass is 16.6.